The van der Waals surface area contributed by atoms with Crippen molar-refractivity contribution in [1.29, 1.82) is 0 Å². The molecule has 3 aromatic rings. The van der Waals surface area contributed by atoms with Gasteiger partial charge < -0.3 is 19.9 Å². The maximum atomic E-state index is 13.3. The second-order valence-electron chi connectivity index (χ2n) is 10.3. The average molecular weight is 499 g/mol. The molecule has 0 radical (unpaired) electrons. The number of methoxy groups -OCH3 is 1. The average Bonchev–Trinajstić information content (AvgIpc) is 3.58. The molecule has 0 bridgehead atoms. The molecule has 6 heteroatoms. The molecule has 6 nitrogen and oxygen atoms in total. The van der Waals surface area contributed by atoms with Crippen LogP contribution in [-0.2, 0) is 22.5 Å². The molecule has 1 fully saturated rings. The number of nitrogens with two attached hydrogens (primary N) is 1. The van der Waals surface area contributed by atoms with Crippen molar-refractivity contribution in [3.63, 3.8) is 0 Å². The van der Waals surface area contributed by atoms with Crippen LogP contribution < -0.4 is 5.73 Å². The first kappa shape index (κ1) is 25.4. The van der Waals surface area contributed by atoms with Gasteiger partial charge in [0.2, 0.25) is 5.91 Å². The first-order chi connectivity index (χ1) is 18.1. The number of aromatic nitrogens is 2. The number of benzene rings is 2. The third kappa shape index (κ3) is 6.03. The van der Waals surface area contributed by atoms with E-state index in [2.05, 4.69) is 65.3 Å². The van der Waals surface area contributed by atoms with E-state index in [1.165, 1.54) is 16.7 Å². The van der Waals surface area contributed by atoms with Crippen LogP contribution in [0.25, 0.3) is 16.6 Å². The van der Waals surface area contributed by atoms with Gasteiger partial charge in [-0.3, -0.25) is 4.79 Å². The topological polar surface area (TPSA) is 73.4 Å². The number of hydrogen-bond acceptors (Lipinski definition) is 4. The van der Waals surface area contributed by atoms with E-state index in [0.29, 0.717) is 19.4 Å². The molecule has 2 atom stereocenters. The molecule has 1 amide bonds. The number of allylic oxidation sites excluding steroid dienone is 4. The smallest absolute Gasteiger partial charge is 0.224 e. The number of ether oxygens (including phenoxy) is 1. The molecule has 194 valence electrons. The van der Waals surface area contributed by atoms with Crippen molar-refractivity contribution >= 4 is 22.5 Å². The summed E-state index contributed by atoms with van der Waals surface area (Å²) in [5.74, 6) is 1.47. The van der Waals surface area contributed by atoms with E-state index in [9.17, 15) is 4.79 Å². The van der Waals surface area contributed by atoms with Crippen molar-refractivity contribution in [2.75, 3.05) is 26.8 Å². The fourth-order valence-corrected chi connectivity index (χ4v) is 5.67. The Hall–Kier alpha value is -3.22. The molecule has 2 N–H and O–H groups in total. The SMILES string of the molecule is COCCCn1c([C@@H]2CCCN(C(=O)C[C@H](N)Cc3ccc(C4=CC=CC4)cc3)C2)nc2ccccc21. The van der Waals surface area contributed by atoms with Crippen LogP contribution in [0.3, 0.4) is 0 Å². The summed E-state index contributed by atoms with van der Waals surface area (Å²) in [4.78, 5) is 20.3. The first-order valence-corrected chi connectivity index (χ1v) is 13.5. The van der Waals surface area contributed by atoms with E-state index in [4.69, 9.17) is 15.5 Å². The highest BCUT2D eigenvalue weighted by molar-refractivity contribution is 5.78. The predicted octanol–water partition coefficient (Wildman–Crippen LogP) is 5.08. The number of aryl methyl sites for hydroxylation is 1. The second kappa shape index (κ2) is 11.9. The number of fused-ring (bicyclic) bond motifs is 1. The Kier molecular flexibility index (Phi) is 8.17. The van der Waals surface area contributed by atoms with Crippen LogP contribution in [0.5, 0.6) is 0 Å². The molecular formula is C31H38N4O2. The molecule has 0 unspecified atom stereocenters. The molecule has 1 saturated heterocycles. The highest BCUT2D eigenvalue weighted by atomic mass is 16.5. The summed E-state index contributed by atoms with van der Waals surface area (Å²) in [6.07, 6.45) is 11.5. The van der Waals surface area contributed by atoms with Crippen molar-refractivity contribution < 1.29 is 9.53 Å². The van der Waals surface area contributed by atoms with E-state index in [-0.39, 0.29) is 17.9 Å². The zero-order chi connectivity index (χ0) is 25.6. The Bertz CT molecular complexity index is 1270. The van der Waals surface area contributed by atoms with Gasteiger partial charge in [-0.05, 0) is 60.9 Å². The quantitative estimate of drug-likeness (QED) is 0.396. The minimum Gasteiger partial charge on any atom is -0.385 e. The number of nitrogens with zero attached hydrogens (tertiary/aromatic N) is 3. The van der Waals surface area contributed by atoms with Crippen LogP contribution >= 0.6 is 0 Å². The molecule has 1 aliphatic heterocycles. The van der Waals surface area contributed by atoms with E-state index in [0.717, 1.165) is 62.2 Å². The van der Waals surface area contributed by atoms with Crippen LogP contribution in [0.1, 0.15) is 55.0 Å². The van der Waals surface area contributed by atoms with Crippen molar-refractivity contribution in [3.05, 3.63) is 83.7 Å². The summed E-state index contributed by atoms with van der Waals surface area (Å²) in [7, 11) is 1.74. The summed E-state index contributed by atoms with van der Waals surface area (Å²) in [5.41, 5.74) is 12.4. The zero-order valence-electron chi connectivity index (χ0n) is 21.8. The normalized spacial score (nSPS) is 18.4. The number of carbonyl (C=O) groups excluding carboxylic acids is 1. The summed E-state index contributed by atoms with van der Waals surface area (Å²) >= 11 is 0. The van der Waals surface area contributed by atoms with Crippen LogP contribution in [0.2, 0.25) is 0 Å². The maximum absolute atomic E-state index is 13.3. The molecule has 5 rings (SSSR count). The van der Waals surface area contributed by atoms with Crippen LogP contribution in [-0.4, -0.2) is 53.2 Å². The standard InChI is InChI=1S/C31H38N4O2/c1-37-19-7-18-35-29-12-5-4-11-28(29)33-31(35)26-10-6-17-34(22-26)30(36)21-27(32)20-23-13-15-25(16-14-23)24-8-2-3-9-24/h2-5,8,11-16,26-27H,6-7,9-10,17-22,32H2,1H3/t26-,27-/m1/s1. The number of likely N-dealkylation sites (tertiary alicyclic amines) is 1. The lowest BCUT2D eigenvalue weighted by molar-refractivity contribution is -0.132. The third-order valence-electron chi connectivity index (χ3n) is 7.58. The van der Waals surface area contributed by atoms with E-state index >= 15 is 0 Å². The molecule has 37 heavy (non-hydrogen) atoms. The fourth-order valence-electron chi connectivity index (χ4n) is 5.67. The molecular weight excluding hydrogens is 460 g/mol. The van der Waals surface area contributed by atoms with Gasteiger partial charge >= 0.3 is 0 Å². The van der Waals surface area contributed by atoms with Gasteiger partial charge in [-0.25, -0.2) is 4.98 Å². The number of para-hydroxylation sites is 2. The van der Waals surface area contributed by atoms with Gasteiger partial charge in [0, 0.05) is 51.7 Å². The zero-order valence-corrected chi connectivity index (χ0v) is 21.8. The maximum Gasteiger partial charge on any atom is 0.224 e. The monoisotopic (exact) mass is 498 g/mol. The lowest BCUT2D eigenvalue weighted by Crippen LogP contribution is -2.42. The first-order valence-electron chi connectivity index (χ1n) is 13.5. The molecule has 0 saturated carbocycles. The van der Waals surface area contributed by atoms with Gasteiger partial charge in [-0.15, -0.1) is 0 Å². The Morgan fingerprint density at radius 1 is 1.19 bits per heavy atom. The van der Waals surface area contributed by atoms with Crippen molar-refractivity contribution in [1.82, 2.24) is 14.5 Å². The minimum absolute atomic E-state index is 0.151. The minimum atomic E-state index is -0.190. The number of imidazole rings is 1. The molecule has 2 aromatic carbocycles. The molecule has 1 aliphatic carbocycles. The fraction of sp³-hybridized carbons (Fsp3) is 0.419. The Labute approximate surface area is 219 Å². The van der Waals surface area contributed by atoms with Crippen LogP contribution in [0, 0.1) is 0 Å². The van der Waals surface area contributed by atoms with Crippen LogP contribution in [0.15, 0.2) is 66.8 Å². The predicted molar refractivity (Wildman–Crippen MR) is 149 cm³/mol. The van der Waals surface area contributed by atoms with Crippen molar-refractivity contribution in [2.24, 2.45) is 5.73 Å². The highest BCUT2D eigenvalue weighted by Gasteiger charge is 2.29. The van der Waals surface area contributed by atoms with Gasteiger partial charge in [0.1, 0.15) is 5.82 Å². The lowest BCUT2D eigenvalue weighted by Gasteiger charge is -2.33. The molecule has 2 heterocycles. The van der Waals surface area contributed by atoms with Crippen molar-refractivity contribution in [3.8, 4) is 0 Å². The van der Waals surface area contributed by atoms with Gasteiger partial charge in [0.15, 0.2) is 0 Å². The Morgan fingerprint density at radius 2 is 2.03 bits per heavy atom. The van der Waals surface area contributed by atoms with E-state index < -0.39 is 0 Å². The molecule has 1 aromatic heterocycles. The van der Waals surface area contributed by atoms with E-state index in [1.807, 2.05) is 11.0 Å². The Morgan fingerprint density at radius 3 is 2.81 bits per heavy atom. The van der Waals surface area contributed by atoms with Gasteiger partial charge in [0.05, 0.1) is 11.0 Å². The van der Waals surface area contributed by atoms with Gasteiger partial charge in [-0.2, -0.15) is 0 Å². The highest BCUT2D eigenvalue weighted by Crippen LogP contribution is 2.30. The number of piperidine rings is 1. The van der Waals surface area contributed by atoms with E-state index in [1.54, 1.807) is 7.11 Å². The number of carbonyl (C=O) groups is 1. The Balaban J connectivity index is 1.21. The van der Waals surface area contributed by atoms with Gasteiger partial charge in [0.25, 0.3) is 0 Å². The van der Waals surface area contributed by atoms with Crippen molar-refractivity contribution in [2.45, 2.75) is 57.0 Å². The summed E-state index contributed by atoms with van der Waals surface area (Å²) in [6, 6.07) is 16.7. The summed E-state index contributed by atoms with van der Waals surface area (Å²) in [6.45, 7) is 3.09. The number of amides is 1. The largest absolute Gasteiger partial charge is 0.385 e. The molecule has 0 spiro atoms. The lowest BCUT2D eigenvalue weighted by atomic mass is 9.95. The third-order valence-corrected chi connectivity index (χ3v) is 7.58. The van der Waals surface area contributed by atoms with Gasteiger partial charge in [-0.1, -0.05) is 54.6 Å². The second-order valence-corrected chi connectivity index (χ2v) is 10.3. The summed E-state index contributed by atoms with van der Waals surface area (Å²) in [5, 5.41) is 0. The molecule has 2 aliphatic rings. The number of rotatable bonds is 10. The summed E-state index contributed by atoms with van der Waals surface area (Å²) < 4.78 is 7.62. The van der Waals surface area contributed by atoms with Crippen LogP contribution in [0.4, 0.5) is 0 Å². The number of hydrogen-bond donors (Lipinski definition) is 1.